The van der Waals surface area contributed by atoms with Crippen LogP contribution in [0.15, 0.2) is 28.9 Å². The predicted molar refractivity (Wildman–Crippen MR) is 63.9 cm³/mol. The van der Waals surface area contributed by atoms with Crippen molar-refractivity contribution in [3.63, 3.8) is 0 Å². The number of phenols is 1. The molecule has 18 heavy (non-hydrogen) atoms. The van der Waals surface area contributed by atoms with Gasteiger partial charge in [0, 0.05) is 0 Å². The Morgan fingerprint density at radius 2 is 2.28 bits per heavy atom. The van der Waals surface area contributed by atoms with Crippen molar-refractivity contribution in [3.05, 3.63) is 35.7 Å². The van der Waals surface area contributed by atoms with E-state index < -0.39 is 5.91 Å². The molecule has 0 saturated carbocycles. The minimum absolute atomic E-state index is 0.0831. The van der Waals surface area contributed by atoms with Gasteiger partial charge in [-0.3, -0.25) is 10.1 Å². The molecule has 94 valence electrons. The first-order valence-electron chi connectivity index (χ1n) is 5.21. The number of hydrogen-bond donors (Lipinski definition) is 2. The van der Waals surface area contributed by atoms with Crippen LogP contribution >= 0.6 is 0 Å². The average Bonchev–Trinajstić information content (AvgIpc) is 2.75. The van der Waals surface area contributed by atoms with Crippen LogP contribution in [0.3, 0.4) is 0 Å². The monoisotopic (exact) mass is 248 g/mol. The first-order valence-corrected chi connectivity index (χ1v) is 5.21. The summed E-state index contributed by atoms with van der Waals surface area (Å²) < 4.78 is 9.92. The van der Waals surface area contributed by atoms with E-state index in [1.807, 2.05) is 0 Å². The maximum Gasteiger partial charge on any atom is 0.301 e. The van der Waals surface area contributed by atoms with E-state index in [2.05, 4.69) is 10.3 Å². The molecule has 2 N–H and O–H groups in total. The zero-order valence-electron chi connectivity index (χ0n) is 9.93. The Morgan fingerprint density at radius 3 is 2.89 bits per heavy atom. The molecule has 0 aliphatic heterocycles. The second kappa shape index (κ2) is 4.79. The fourth-order valence-electron chi connectivity index (χ4n) is 1.45. The molecule has 0 spiro atoms. The summed E-state index contributed by atoms with van der Waals surface area (Å²) in [4.78, 5) is 15.8. The first-order chi connectivity index (χ1) is 8.61. The number of carbonyl (C=O) groups is 1. The van der Waals surface area contributed by atoms with Crippen LogP contribution < -0.4 is 10.1 Å². The number of ether oxygens (including phenoxy) is 1. The van der Waals surface area contributed by atoms with Crippen molar-refractivity contribution < 1.29 is 19.1 Å². The molecule has 6 heteroatoms. The second-order valence-corrected chi connectivity index (χ2v) is 3.60. The Bertz CT molecular complexity index is 577. The predicted octanol–water partition coefficient (Wildman–Crippen LogP) is 1.95. The molecule has 0 radical (unpaired) electrons. The number of benzene rings is 1. The number of nitrogens with one attached hydrogen (secondary N) is 1. The second-order valence-electron chi connectivity index (χ2n) is 3.60. The van der Waals surface area contributed by atoms with Crippen LogP contribution in [0.2, 0.25) is 0 Å². The maximum absolute atomic E-state index is 11.9. The molecule has 1 aromatic heterocycles. The van der Waals surface area contributed by atoms with Crippen molar-refractivity contribution in [2.24, 2.45) is 0 Å². The van der Waals surface area contributed by atoms with E-state index >= 15 is 0 Å². The number of aryl methyl sites for hydroxylation is 1. The lowest BCUT2D eigenvalue weighted by atomic mass is 10.1. The highest BCUT2D eigenvalue weighted by molar-refractivity contribution is 6.05. The van der Waals surface area contributed by atoms with Crippen molar-refractivity contribution in [2.75, 3.05) is 12.4 Å². The number of methoxy groups -OCH3 is 1. The summed E-state index contributed by atoms with van der Waals surface area (Å²) in [5.41, 5.74) is 0.741. The third-order valence-corrected chi connectivity index (χ3v) is 2.30. The average molecular weight is 248 g/mol. The molecule has 0 unspecified atom stereocenters. The van der Waals surface area contributed by atoms with E-state index in [1.54, 1.807) is 19.1 Å². The summed E-state index contributed by atoms with van der Waals surface area (Å²) >= 11 is 0. The van der Waals surface area contributed by atoms with Crippen molar-refractivity contribution in [2.45, 2.75) is 6.92 Å². The van der Waals surface area contributed by atoms with Gasteiger partial charge in [0.1, 0.15) is 6.26 Å². The number of anilines is 1. The van der Waals surface area contributed by atoms with Gasteiger partial charge in [-0.1, -0.05) is 6.07 Å². The lowest BCUT2D eigenvalue weighted by Crippen LogP contribution is -2.12. The van der Waals surface area contributed by atoms with Gasteiger partial charge in [0.2, 0.25) is 0 Å². The van der Waals surface area contributed by atoms with Crippen LogP contribution in [0.5, 0.6) is 11.5 Å². The van der Waals surface area contributed by atoms with E-state index in [9.17, 15) is 9.90 Å². The lowest BCUT2D eigenvalue weighted by molar-refractivity contribution is 0.102. The van der Waals surface area contributed by atoms with Gasteiger partial charge in [-0.25, -0.2) is 0 Å². The fourth-order valence-corrected chi connectivity index (χ4v) is 1.45. The lowest BCUT2D eigenvalue weighted by Gasteiger charge is -2.07. The van der Waals surface area contributed by atoms with E-state index in [-0.39, 0.29) is 23.1 Å². The van der Waals surface area contributed by atoms with Crippen LogP contribution in [0.4, 0.5) is 6.01 Å². The van der Waals surface area contributed by atoms with Gasteiger partial charge in [-0.15, -0.1) is 0 Å². The van der Waals surface area contributed by atoms with Crippen molar-refractivity contribution in [1.29, 1.82) is 0 Å². The summed E-state index contributed by atoms with van der Waals surface area (Å²) in [6, 6.07) is 4.72. The van der Waals surface area contributed by atoms with Crippen molar-refractivity contribution >= 4 is 11.9 Å². The first kappa shape index (κ1) is 12.0. The number of phenolic OH excluding ortho intramolecular Hbond substituents is 1. The number of nitrogens with zero attached hydrogens (tertiary/aromatic N) is 1. The SMILES string of the molecule is COc1cccc(C(=O)Nc2nc(C)co2)c1O. The summed E-state index contributed by atoms with van der Waals surface area (Å²) in [7, 11) is 1.41. The number of carbonyl (C=O) groups excluding carboxylic acids is 1. The molecule has 0 aliphatic rings. The molecule has 2 aromatic rings. The van der Waals surface area contributed by atoms with Crippen LogP contribution in [0, 0.1) is 6.92 Å². The third kappa shape index (κ3) is 2.27. The van der Waals surface area contributed by atoms with Crippen LogP contribution in [0.1, 0.15) is 16.1 Å². The Hall–Kier alpha value is -2.50. The van der Waals surface area contributed by atoms with E-state index in [1.165, 1.54) is 19.4 Å². The smallest absolute Gasteiger partial charge is 0.301 e. The largest absolute Gasteiger partial charge is 0.504 e. The summed E-state index contributed by atoms with van der Waals surface area (Å²) in [6.07, 6.45) is 1.42. The van der Waals surface area contributed by atoms with Crippen molar-refractivity contribution in [1.82, 2.24) is 4.98 Å². The third-order valence-electron chi connectivity index (χ3n) is 2.30. The molecular weight excluding hydrogens is 236 g/mol. The molecular formula is C12H12N2O4. The normalized spacial score (nSPS) is 10.1. The Labute approximate surface area is 103 Å². The molecule has 2 rings (SSSR count). The number of rotatable bonds is 3. The number of hydrogen-bond acceptors (Lipinski definition) is 5. The Kier molecular flexibility index (Phi) is 3.18. The molecule has 0 bridgehead atoms. The zero-order chi connectivity index (χ0) is 13.1. The molecule has 6 nitrogen and oxygen atoms in total. The van der Waals surface area contributed by atoms with Gasteiger partial charge in [0.25, 0.3) is 5.91 Å². The summed E-state index contributed by atoms with van der Waals surface area (Å²) in [5.74, 6) is -0.514. The van der Waals surface area contributed by atoms with Gasteiger partial charge in [0.05, 0.1) is 18.4 Å². The summed E-state index contributed by atoms with van der Waals surface area (Å²) in [6.45, 7) is 1.74. The molecule has 0 fully saturated rings. The zero-order valence-corrected chi connectivity index (χ0v) is 9.93. The van der Waals surface area contributed by atoms with E-state index in [0.717, 1.165) is 0 Å². The van der Waals surface area contributed by atoms with Crippen LogP contribution in [0.25, 0.3) is 0 Å². The van der Waals surface area contributed by atoms with Gasteiger partial charge >= 0.3 is 6.01 Å². The minimum Gasteiger partial charge on any atom is -0.504 e. The molecule has 1 aromatic carbocycles. The highest BCUT2D eigenvalue weighted by Crippen LogP contribution is 2.29. The van der Waals surface area contributed by atoms with Gasteiger partial charge in [-0.05, 0) is 19.1 Å². The number of para-hydroxylation sites is 1. The quantitative estimate of drug-likeness (QED) is 0.867. The van der Waals surface area contributed by atoms with Crippen LogP contribution in [-0.2, 0) is 0 Å². The standard InChI is InChI=1S/C12H12N2O4/c1-7-6-18-12(13-7)14-11(16)8-4-3-5-9(17-2)10(8)15/h3-6,15H,1-2H3,(H,13,14,16). The topological polar surface area (TPSA) is 84.6 Å². The Balaban J connectivity index is 2.24. The number of oxazole rings is 1. The number of aromatic nitrogens is 1. The molecule has 0 aliphatic carbocycles. The van der Waals surface area contributed by atoms with Gasteiger partial charge < -0.3 is 14.3 Å². The van der Waals surface area contributed by atoms with E-state index in [0.29, 0.717) is 5.69 Å². The Morgan fingerprint density at radius 1 is 1.50 bits per heavy atom. The highest BCUT2D eigenvalue weighted by Gasteiger charge is 2.16. The number of aromatic hydroxyl groups is 1. The molecule has 1 heterocycles. The highest BCUT2D eigenvalue weighted by atomic mass is 16.5. The fraction of sp³-hybridized carbons (Fsp3) is 0.167. The number of amides is 1. The van der Waals surface area contributed by atoms with Gasteiger partial charge in [0.15, 0.2) is 11.5 Å². The minimum atomic E-state index is -0.520. The van der Waals surface area contributed by atoms with Gasteiger partial charge in [-0.2, -0.15) is 4.98 Å². The maximum atomic E-state index is 11.9. The van der Waals surface area contributed by atoms with Crippen LogP contribution in [-0.4, -0.2) is 23.1 Å². The summed E-state index contributed by atoms with van der Waals surface area (Å²) in [5, 5.41) is 12.2. The molecule has 0 saturated heterocycles. The molecule has 0 atom stereocenters. The van der Waals surface area contributed by atoms with E-state index in [4.69, 9.17) is 9.15 Å². The molecule has 1 amide bonds. The van der Waals surface area contributed by atoms with Crippen molar-refractivity contribution in [3.8, 4) is 11.5 Å².